The summed E-state index contributed by atoms with van der Waals surface area (Å²) in [5.41, 5.74) is 1.71. The van der Waals surface area contributed by atoms with Gasteiger partial charge in [0, 0.05) is 47.1 Å². The van der Waals surface area contributed by atoms with Crippen LogP contribution in [0.1, 0.15) is 41.4 Å². The minimum atomic E-state index is -0.419. The van der Waals surface area contributed by atoms with Crippen molar-refractivity contribution in [3.63, 3.8) is 0 Å². The Hall–Kier alpha value is -4.52. The highest BCUT2D eigenvalue weighted by atomic mass is 16.2. The molecule has 33 heavy (non-hydrogen) atoms. The van der Waals surface area contributed by atoms with Crippen LogP contribution in [0.4, 0.5) is 0 Å². The Kier molecular flexibility index (Phi) is 3.77. The van der Waals surface area contributed by atoms with Gasteiger partial charge in [-0.2, -0.15) is 0 Å². The van der Waals surface area contributed by atoms with E-state index in [1.807, 2.05) is 24.3 Å². The van der Waals surface area contributed by atoms with Crippen molar-refractivity contribution >= 4 is 66.7 Å². The Bertz CT molecular complexity index is 1620. The summed E-state index contributed by atoms with van der Waals surface area (Å²) in [5.74, 6) is -1.42. The average Bonchev–Trinajstić information content (AvgIpc) is 2.84. The molecule has 4 amide bonds. The lowest BCUT2D eigenvalue weighted by molar-refractivity contribution is 0.0843. The minimum absolute atomic E-state index is 0.290. The van der Waals surface area contributed by atoms with Gasteiger partial charge in [-0.3, -0.25) is 24.5 Å². The molecule has 0 aromatic heterocycles. The number of amides is 4. The second-order valence-corrected chi connectivity index (χ2v) is 8.08. The molecule has 1 aliphatic rings. The second-order valence-electron chi connectivity index (χ2n) is 8.08. The molecule has 160 valence electrons. The molecule has 0 bridgehead atoms. The molecule has 1 aliphatic heterocycles. The smallest absolute Gasteiger partial charge is 0.258 e. The van der Waals surface area contributed by atoms with Gasteiger partial charge in [-0.15, -0.1) is 0 Å². The van der Waals surface area contributed by atoms with Gasteiger partial charge in [0.1, 0.15) is 0 Å². The molecule has 0 spiro atoms. The third-order valence-corrected chi connectivity index (χ3v) is 6.56. The Morgan fingerprint density at radius 1 is 0.576 bits per heavy atom. The highest BCUT2D eigenvalue weighted by Gasteiger charge is 2.28. The van der Waals surface area contributed by atoms with Crippen molar-refractivity contribution in [3.05, 3.63) is 70.8 Å². The van der Waals surface area contributed by atoms with Crippen LogP contribution >= 0.6 is 0 Å². The van der Waals surface area contributed by atoms with Crippen molar-refractivity contribution in [3.8, 4) is 0 Å². The zero-order valence-corrected chi connectivity index (χ0v) is 17.8. The van der Waals surface area contributed by atoms with Gasteiger partial charge < -0.3 is 10.6 Å². The van der Waals surface area contributed by atoms with E-state index < -0.39 is 11.8 Å². The highest BCUT2D eigenvalue weighted by molar-refractivity contribution is 6.40. The maximum atomic E-state index is 12.7. The van der Waals surface area contributed by atoms with E-state index in [0.29, 0.717) is 33.0 Å². The Morgan fingerprint density at radius 3 is 1.39 bits per heavy atom. The lowest BCUT2D eigenvalue weighted by atomic mass is 9.83. The molecule has 7 heteroatoms. The van der Waals surface area contributed by atoms with Crippen molar-refractivity contribution < 1.29 is 19.2 Å². The van der Waals surface area contributed by atoms with Gasteiger partial charge in [0.25, 0.3) is 23.6 Å². The maximum Gasteiger partial charge on any atom is 0.258 e. The van der Waals surface area contributed by atoms with E-state index in [-0.39, 0.29) is 11.8 Å². The molecule has 3 N–H and O–H groups in total. The molecular weight excluding hydrogens is 418 g/mol. The number of carbonyl (C=O) groups excluding carboxylic acids is 4. The summed E-state index contributed by atoms with van der Waals surface area (Å²) in [7, 11) is 3.11. The van der Waals surface area contributed by atoms with Gasteiger partial charge in [-0.1, -0.05) is 24.3 Å². The lowest BCUT2D eigenvalue weighted by Gasteiger charge is -2.22. The molecule has 1 heterocycles. The van der Waals surface area contributed by atoms with E-state index in [1.165, 1.54) is 0 Å². The first-order chi connectivity index (χ1) is 16.0. The first-order valence-corrected chi connectivity index (χ1v) is 10.5. The van der Waals surface area contributed by atoms with E-state index in [9.17, 15) is 19.2 Å². The van der Waals surface area contributed by atoms with Crippen LogP contribution in [-0.2, 0) is 0 Å². The molecule has 0 radical (unpaired) electrons. The highest BCUT2D eigenvalue weighted by Crippen LogP contribution is 2.44. The number of rotatable bonds is 2. The topological polar surface area (TPSA) is 104 Å². The third kappa shape index (κ3) is 2.33. The third-order valence-electron chi connectivity index (χ3n) is 6.56. The molecule has 0 atom stereocenters. The summed E-state index contributed by atoms with van der Waals surface area (Å²) in [4.78, 5) is 50.5. The molecule has 7 nitrogen and oxygen atoms in total. The van der Waals surface area contributed by atoms with E-state index in [2.05, 4.69) is 16.0 Å². The fraction of sp³-hybridized carbons (Fsp3) is 0.0769. The molecular formula is C26H17N3O4. The number of imide groups is 1. The first-order valence-electron chi connectivity index (χ1n) is 10.5. The van der Waals surface area contributed by atoms with E-state index in [0.717, 1.165) is 32.3 Å². The summed E-state index contributed by atoms with van der Waals surface area (Å²) in [6, 6.07) is 14.3. The quantitative estimate of drug-likeness (QED) is 0.225. The van der Waals surface area contributed by atoms with E-state index in [1.54, 1.807) is 38.4 Å². The van der Waals surface area contributed by atoms with Crippen molar-refractivity contribution in [2.75, 3.05) is 14.1 Å². The number of fused-ring (bicyclic) bond motifs is 2. The van der Waals surface area contributed by atoms with Gasteiger partial charge >= 0.3 is 0 Å². The van der Waals surface area contributed by atoms with Crippen LogP contribution in [0.15, 0.2) is 48.5 Å². The lowest BCUT2D eigenvalue weighted by Crippen LogP contribution is -2.34. The summed E-state index contributed by atoms with van der Waals surface area (Å²) in [6.07, 6.45) is 0. The predicted octanol–water partition coefficient (Wildman–Crippen LogP) is 3.34. The van der Waals surface area contributed by atoms with Crippen molar-refractivity contribution in [2.45, 2.75) is 0 Å². The monoisotopic (exact) mass is 435 g/mol. The molecule has 0 saturated heterocycles. The Balaban J connectivity index is 1.91. The van der Waals surface area contributed by atoms with Crippen LogP contribution in [0.5, 0.6) is 0 Å². The number of benzene rings is 5. The molecule has 0 saturated carbocycles. The fourth-order valence-corrected chi connectivity index (χ4v) is 5.15. The number of nitrogens with one attached hydrogen (secondary N) is 3. The zero-order chi connectivity index (χ0) is 23.0. The fourth-order valence-electron chi connectivity index (χ4n) is 5.15. The number of carbonyl (C=O) groups is 4. The van der Waals surface area contributed by atoms with Crippen molar-refractivity contribution in [2.24, 2.45) is 0 Å². The Morgan fingerprint density at radius 2 is 0.970 bits per heavy atom. The van der Waals surface area contributed by atoms with Crippen LogP contribution in [0.25, 0.3) is 43.1 Å². The van der Waals surface area contributed by atoms with Crippen molar-refractivity contribution in [1.29, 1.82) is 0 Å². The molecule has 6 rings (SSSR count). The van der Waals surface area contributed by atoms with Crippen LogP contribution in [0.2, 0.25) is 0 Å². The number of hydrogen-bond acceptors (Lipinski definition) is 4. The molecule has 5 aromatic rings. The van der Waals surface area contributed by atoms with Crippen molar-refractivity contribution in [1.82, 2.24) is 16.0 Å². The zero-order valence-electron chi connectivity index (χ0n) is 17.8. The normalized spacial score (nSPS) is 13.2. The predicted molar refractivity (Wildman–Crippen MR) is 126 cm³/mol. The van der Waals surface area contributed by atoms with Gasteiger partial charge in [0.2, 0.25) is 0 Å². The van der Waals surface area contributed by atoms with Crippen LogP contribution in [0, 0.1) is 0 Å². The largest absolute Gasteiger partial charge is 0.355 e. The Labute approximate surface area is 187 Å². The SMILES string of the molecule is CNC(=O)c1ccc2c3ccc4c5c(ccc(c6ccc(C(=O)NC)c1c26)c53)C(=O)NC4=O. The van der Waals surface area contributed by atoms with Crippen LogP contribution in [-0.4, -0.2) is 37.7 Å². The molecule has 5 aromatic carbocycles. The molecule has 0 unspecified atom stereocenters. The van der Waals surface area contributed by atoms with Gasteiger partial charge in [0.05, 0.1) is 0 Å². The molecule has 0 fully saturated rings. The van der Waals surface area contributed by atoms with Crippen LogP contribution in [0.3, 0.4) is 0 Å². The standard InChI is InChI=1S/C26H17N3O4/c1-27-23(30)15-7-3-11-13-5-9-17-22-18(26(33)29-25(17)32)10-6-14(20(13)22)12-4-8-16(24(31)28-2)21(15)19(11)12/h3-10H,1-2H3,(H,27,30)(H,28,31)(H,29,32,33). The summed E-state index contributed by atoms with van der Waals surface area (Å²) >= 11 is 0. The summed E-state index contributed by atoms with van der Waals surface area (Å²) in [5, 5.41) is 13.9. The average molecular weight is 435 g/mol. The number of hydrogen-bond donors (Lipinski definition) is 3. The second kappa shape index (κ2) is 6.49. The van der Waals surface area contributed by atoms with Gasteiger partial charge in [-0.05, 0) is 56.6 Å². The van der Waals surface area contributed by atoms with Gasteiger partial charge in [0.15, 0.2) is 0 Å². The summed E-state index contributed by atoms with van der Waals surface area (Å²) < 4.78 is 0. The minimum Gasteiger partial charge on any atom is -0.355 e. The summed E-state index contributed by atoms with van der Waals surface area (Å²) in [6.45, 7) is 0. The molecule has 0 aliphatic carbocycles. The van der Waals surface area contributed by atoms with Gasteiger partial charge in [-0.25, -0.2) is 0 Å². The first kappa shape index (κ1) is 19.2. The van der Waals surface area contributed by atoms with Crippen LogP contribution < -0.4 is 16.0 Å². The van der Waals surface area contributed by atoms with E-state index >= 15 is 0 Å². The maximum absolute atomic E-state index is 12.7. The van der Waals surface area contributed by atoms with E-state index in [4.69, 9.17) is 0 Å².